The Morgan fingerprint density at radius 2 is 2.05 bits per heavy atom. The van der Waals surface area contributed by atoms with Gasteiger partial charge in [-0.2, -0.15) is 0 Å². The molecule has 2 rings (SSSR count). The summed E-state index contributed by atoms with van der Waals surface area (Å²) in [5.41, 5.74) is 1.28. The van der Waals surface area contributed by atoms with Crippen molar-refractivity contribution >= 4 is 23.5 Å². The molecule has 0 saturated heterocycles. The van der Waals surface area contributed by atoms with E-state index in [0.29, 0.717) is 18.4 Å². The van der Waals surface area contributed by atoms with Crippen LogP contribution in [0.15, 0.2) is 18.2 Å². The van der Waals surface area contributed by atoms with E-state index in [2.05, 4.69) is 10.6 Å². The third-order valence-corrected chi connectivity index (χ3v) is 3.31. The smallest absolute Gasteiger partial charge is 0.305 e. The Morgan fingerprint density at radius 3 is 2.71 bits per heavy atom. The Balaban J connectivity index is 2.13. The van der Waals surface area contributed by atoms with Crippen LogP contribution in [-0.2, 0) is 16.0 Å². The molecule has 0 aromatic heterocycles. The molecular weight excluding hydrogens is 272 g/mol. The normalized spacial score (nSPS) is 14.1. The lowest BCUT2D eigenvalue weighted by molar-refractivity contribution is -0.138. The van der Waals surface area contributed by atoms with Gasteiger partial charge in [0.15, 0.2) is 0 Å². The van der Waals surface area contributed by atoms with Crippen molar-refractivity contribution in [2.24, 2.45) is 0 Å². The van der Waals surface area contributed by atoms with Crippen LogP contribution in [0.25, 0.3) is 0 Å². The van der Waals surface area contributed by atoms with E-state index in [1.807, 2.05) is 0 Å². The average Bonchev–Trinajstić information content (AvgIpc) is 2.35. The summed E-state index contributed by atoms with van der Waals surface area (Å²) in [7, 11) is 0. The van der Waals surface area contributed by atoms with Crippen LogP contribution in [0.2, 0.25) is 0 Å². The van der Waals surface area contributed by atoms with Crippen LogP contribution >= 0.6 is 0 Å². The number of carboxylic acid groups (broad SMARTS) is 1. The highest BCUT2D eigenvalue weighted by Crippen LogP contribution is 2.24. The lowest BCUT2D eigenvalue weighted by atomic mass is 9.98. The van der Waals surface area contributed by atoms with Crippen LogP contribution in [0.1, 0.15) is 42.6 Å². The molecule has 1 heterocycles. The van der Waals surface area contributed by atoms with E-state index in [-0.39, 0.29) is 18.2 Å². The minimum Gasteiger partial charge on any atom is -0.481 e. The number of aryl methyl sites for hydroxylation is 1. The summed E-state index contributed by atoms with van der Waals surface area (Å²) in [4.78, 5) is 34.3. The van der Waals surface area contributed by atoms with E-state index in [1.165, 1.54) is 0 Å². The van der Waals surface area contributed by atoms with Crippen molar-refractivity contribution in [3.63, 3.8) is 0 Å². The van der Waals surface area contributed by atoms with Gasteiger partial charge in [-0.05, 0) is 44.0 Å². The number of carbonyl (C=O) groups excluding carboxylic acids is 2. The van der Waals surface area contributed by atoms with E-state index < -0.39 is 11.5 Å². The van der Waals surface area contributed by atoms with Gasteiger partial charge in [0.2, 0.25) is 5.91 Å². The molecule has 112 valence electrons. The summed E-state index contributed by atoms with van der Waals surface area (Å²) in [6.07, 6.45) is 0.850. The number of benzene rings is 1. The van der Waals surface area contributed by atoms with Gasteiger partial charge in [-0.15, -0.1) is 0 Å². The first-order chi connectivity index (χ1) is 9.77. The molecule has 0 saturated carbocycles. The van der Waals surface area contributed by atoms with Gasteiger partial charge in [-0.1, -0.05) is 0 Å². The number of carboxylic acids is 1. The third-order valence-electron chi connectivity index (χ3n) is 3.31. The fraction of sp³-hybridized carbons (Fsp3) is 0.400. The van der Waals surface area contributed by atoms with Crippen LogP contribution in [-0.4, -0.2) is 28.4 Å². The Bertz CT molecular complexity index is 608. The summed E-state index contributed by atoms with van der Waals surface area (Å²) >= 11 is 0. The molecule has 21 heavy (non-hydrogen) atoms. The molecule has 0 bridgehead atoms. The predicted octanol–water partition coefficient (Wildman–Crippen LogP) is 1.55. The van der Waals surface area contributed by atoms with Crippen molar-refractivity contribution in [2.75, 3.05) is 5.32 Å². The number of hydrogen-bond donors (Lipinski definition) is 3. The van der Waals surface area contributed by atoms with Gasteiger partial charge in [-0.3, -0.25) is 14.4 Å². The third kappa shape index (κ3) is 3.81. The topological polar surface area (TPSA) is 95.5 Å². The van der Waals surface area contributed by atoms with Crippen LogP contribution in [0.4, 0.5) is 5.69 Å². The molecule has 1 aromatic carbocycles. The van der Waals surface area contributed by atoms with Crippen molar-refractivity contribution in [1.82, 2.24) is 5.32 Å². The van der Waals surface area contributed by atoms with Crippen LogP contribution in [0, 0.1) is 0 Å². The van der Waals surface area contributed by atoms with Gasteiger partial charge in [0, 0.05) is 23.2 Å². The minimum absolute atomic E-state index is 0.0257. The number of nitrogens with one attached hydrogen (secondary N) is 2. The van der Waals surface area contributed by atoms with Gasteiger partial charge < -0.3 is 15.7 Å². The zero-order valence-corrected chi connectivity index (χ0v) is 12.0. The van der Waals surface area contributed by atoms with E-state index >= 15 is 0 Å². The Kier molecular flexibility index (Phi) is 3.97. The maximum absolute atomic E-state index is 12.2. The standard InChI is InChI=1S/C15H18N2O4/c1-15(2,8-13(19)20)17-14(21)10-3-5-11-9(7-10)4-6-12(18)16-11/h3,5,7H,4,6,8H2,1-2H3,(H,16,18)(H,17,21)(H,19,20). The highest BCUT2D eigenvalue weighted by Gasteiger charge is 2.25. The summed E-state index contributed by atoms with van der Waals surface area (Å²) in [5, 5.41) is 14.3. The van der Waals surface area contributed by atoms with Crippen molar-refractivity contribution in [2.45, 2.75) is 38.6 Å². The van der Waals surface area contributed by atoms with Gasteiger partial charge in [0.1, 0.15) is 0 Å². The fourth-order valence-corrected chi connectivity index (χ4v) is 2.33. The van der Waals surface area contributed by atoms with Crippen LogP contribution in [0.3, 0.4) is 0 Å². The summed E-state index contributed by atoms with van der Waals surface area (Å²) in [6.45, 7) is 3.33. The summed E-state index contributed by atoms with van der Waals surface area (Å²) < 4.78 is 0. The lowest BCUT2D eigenvalue weighted by Gasteiger charge is -2.25. The molecule has 1 aromatic rings. The predicted molar refractivity (Wildman–Crippen MR) is 77.2 cm³/mol. The zero-order valence-electron chi connectivity index (χ0n) is 12.0. The number of aliphatic carboxylic acids is 1. The maximum Gasteiger partial charge on any atom is 0.305 e. The number of anilines is 1. The Morgan fingerprint density at radius 1 is 1.33 bits per heavy atom. The monoisotopic (exact) mass is 290 g/mol. The molecule has 1 aliphatic heterocycles. The molecule has 2 amide bonds. The molecule has 0 atom stereocenters. The van der Waals surface area contributed by atoms with E-state index in [1.54, 1.807) is 32.0 Å². The molecule has 3 N–H and O–H groups in total. The molecule has 6 heteroatoms. The van der Waals surface area contributed by atoms with Crippen molar-refractivity contribution in [3.8, 4) is 0 Å². The van der Waals surface area contributed by atoms with E-state index in [9.17, 15) is 14.4 Å². The van der Waals surface area contributed by atoms with Crippen LogP contribution in [0.5, 0.6) is 0 Å². The van der Waals surface area contributed by atoms with Gasteiger partial charge >= 0.3 is 5.97 Å². The maximum atomic E-state index is 12.2. The first-order valence-electron chi connectivity index (χ1n) is 6.74. The highest BCUT2D eigenvalue weighted by molar-refractivity contribution is 5.98. The summed E-state index contributed by atoms with van der Waals surface area (Å²) in [6, 6.07) is 5.06. The Hall–Kier alpha value is -2.37. The molecule has 0 fully saturated rings. The minimum atomic E-state index is -0.964. The highest BCUT2D eigenvalue weighted by atomic mass is 16.4. The number of hydrogen-bond acceptors (Lipinski definition) is 3. The molecular formula is C15H18N2O4. The average molecular weight is 290 g/mol. The molecule has 0 aliphatic carbocycles. The fourth-order valence-electron chi connectivity index (χ4n) is 2.33. The lowest BCUT2D eigenvalue weighted by Crippen LogP contribution is -2.45. The van der Waals surface area contributed by atoms with E-state index in [0.717, 1.165) is 11.3 Å². The molecule has 0 spiro atoms. The second-order valence-corrected chi connectivity index (χ2v) is 5.83. The number of amides is 2. The second kappa shape index (κ2) is 5.55. The molecule has 0 radical (unpaired) electrons. The second-order valence-electron chi connectivity index (χ2n) is 5.83. The summed E-state index contributed by atoms with van der Waals surface area (Å²) in [5.74, 6) is -1.31. The van der Waals surface area contributed by atoms with Crippen LogP contribution < -0.4 is 10.6 Å². The van der Waals surface area contributed by atoms with Gasteiger partial charge in [-0.25, -0.2) is 0 Å². The molecule has 0 unspecified atom stereocenters. The van der Waals surface area contributed by atoms with Gasteiger partial charge in [0.25, 0.3) is 5.91 Å². The first kappa shape index (κ1) is 15.0. The SMILES string of the molecule is CC(C)(CC(=O)O)NC(=O)c1ccc2c(c1)CCC(=O)N2. The van der Waals surface area contributed by atoms with Gasteiger partial charge in [0.05, 0.1) is 6.42 Å². The van der Waals surface area contributed by atoms with E-state index in [4.69, 9.17) is 5.11 Å². The number of rotatable bonds is 4. The van der Waals surface area contributed by atoms with Crippen molar-refractivity contribution in [3.05, 3.63) is 29.3 Å². The Labute approximate surface area is 122 Å². The van der Waals surface area contributed by atoms with Crippen molar-refractivity contribution in [1.29, 1.82) is 0 Å². The quantitative estimate of drug-likeness (QED) is 0.784. The largest absolute Gasteiger partial charge is 0.481 e. The van der Waals surface area contributed by atoms with Crippen molar-refractivity contribution < 1.29 is 19.5 Å². The molecule has 6 nitrogen and oxygen atoms in total. The first-order valence-corrected chi connectivity index (χ1v) is 6.74. The molecule has 1 aliphatic rings. The number of fused-ring (bicyclic) bond motifs is 1. The zero-order chi connectivity index (χ0) is 15.6. The number of carbonyl (C=O) groups is 3.